The molecule has 0 atom stereocenters. The molecule has 5 nitrogen and oxygen atoms in total. The SMILES string of the molecule is CCc1cc(N(c2ccncc2)c2ccc(C)cc2)c2cc3c4c(cc(N(c5ccncc5)c5ccc(OC)cc5)c5ccc1c2c54)CCC3(C)C. The van der Waals surface area contributed by atoms with Crippen LogP contribution in [0.3, 0.4) is 0 Å². The standard InChI is InChI=1S/C47H42N4O/c1-6-31-27-43(51(36-20-25-49-26-21-36)33-9-7-30(2)8-10-33)40-29-41-44-32(17-22-47(41,3)4)28-42(39-16-15-38(31)45(40)46(39)44)50(35-18-23-48-24-19-35)34-11-13-37(52-5)14-12-34/h7-16,18-21,23-29H,6,17,22H2,1-5H3. The number of pyridine rings is 2. The van der Waals surface area contributed by atoms with Gasteiger partial charge in [-0.15, -0.1) is 0 Å². The van der Waals surface area contributed by atoms with Crippen LogP contribution < -0.4 is 14.5 Å². The van der Waals surface area contributed by atoms with Crippen LogP contribution in [0.2, 0.25) is 0 Å². The first-order valence-corrected chi connectivity index (χ1v) is 18.3. The van der Waals surface area contributed by atoms with Gasteiger partial charge >= 0.3 is 0 Å². The first kappa shape index (κ1) is 32.0. The first-order valence-electron chi connectivity index (χ1n) is 18.3. The van der Waals surface area contributed by atoms with Crippen molar-refractivity contribution in [2.24, 2.45) is 0 Å². The van der Waals surface area contributed by atoms with Gasteiger partial charge in [0.05, 0.1) is 18.5 Å². The normalized spacial score (nSPS) is 13.6. The van der Waals surface area contributed by atoms with E-state index in [1.54, 1.807) is 7.11 Å². The van der Waals surface area contributed by atoms with E-state index in [-0.39, 0.29) is 5.41 Å². The molecule has 0 bridgehead atoms. The lowest BCUT2D eigenvalue weighted by Gasteiger charge is -2.37. The van der Waals surface area contributed by atoms with Crippen LogP contribution in [0, 0.1) is 6.92 Å². The molecular formula is C47H42N4O. The summed E-state index contributed by atoms with van der Waals surface area (Å²) >= 11 is 0. The molecule has 0 amide bonds. The third kappa shape index (κ3) is 5.06. The van der Waals surface area contributed by atoms with E-state index in [1.807, 2.05) is 36.9 Å². The number of anilines is 6. The van der Waals surface area contributed by atoms with Gasteiger partial charge in [-0.05, 0) is 143 Å². The molecule has 52 heavy (non-hydrogen) atoms. The van der Waals surface area contributed by atoms with E-state index in [0.717, 1.165) is 47.8 Å². The molecule has 0 N–H and O–H groups in total. The number of methoxy groups -OCH3 is 1. The highest BCUT2D eigenvalue weighted by Crippen LogP contribution is 2.53. The van der Waals surface area contributed by atoms with E-state index in [9.17, 15) is 0 Å². The van der Waals surface area contributed by atoms with Gasteiger partial charge in [0.15, 0.2) is 0 Å². The van der Waals surface area contributed by atoms with Gasteiger partial charge in [0.1, 0.15) is 5.75 Å². The number of hydrogen-bond donors (Lipinski definition) is 0. The number of aryl methyl sites for hydroxylation is 3. The average molecular weight is 679 g/mol. The maximum atomic E-state index is 5.57. The summed E-state index contributed by atoms with van der Waals surface area (Å²) < 4.78 is 5.57. The second-order valence-corrected chi connectivity index (χ2v) is 14.7. The second-order valence-electron chi connectivity index (χ2n) is 14.7. The molecule has 0 saturated heterocycles. The van der Waals surface area contributed by atoms with Crippen LogP contribution in [0.1, 0.15) is 49.4 Å². The van der Waals surface area contributed by atoms with Crippen LogP contribution in [0.25, 0.3) is 32.3 Å². The third-order valence-corrected chi connectivity index (χ3v) is 11.2. The van der Waals surface area contributed by atoms with Gasteiger partial charge < -0.3 is 14.5 Å². The Morgan fingerprint density at radius 2 is 1.17 bits per heavy atom. The highest BCUT2D eigenvalue weighted by molar-refractivity contribution is 6.30. The zero-order valence-corrected chi connectivity index (χ0v) is 30.4. The van der Waals surface area contributed by atoms with Gasteiger partial charge in [-0.3, -0.25) is 9.97 Å². The number of ether oxygens (including phenoxy) is 1. The fraction of sp³-hybridized carbons (Fsp3) is 0.191. The van der Waals surface area contributed by atoms with Crippen LogP contribution in [0.15, 0.2) is 128 Å². The van der Waals surface area contributed by atoms with Crippen molar-refractivity contribution in [1.29, 1.82) is 0 Å². The molecule has 1 aliphatic carbocycles. The molecule has 6 aromatic carbocycles. The number of aromatic nitrogens is 2. The summed E-state index contributed by atoms with van der Waals surface area (Å²) in [5.74, 6) is 0.836. The zero-order chi connectivity index (χ0) is 35.6. The fourth-order valence-electron chi connectivity index (χ4n) is 8.46. The summed E-state index contributed by atoms with van der Waals surface area (Å²) in [7, 11) is 1.72. The minimum Gasteiger partial charge on any atom is -0.497 e. The number of rotatable bonds is 8. The molecule has 0 spiro atoms. The molecule has 0 fully saturated rings. The molecule has 0 radical (unpaired) electrons. The quantitative estimate of drug-likeness (QED) is 0.150. The zero-order valence-electron chi connectivity index (χ0n) is 30.4. The summed E-state index contributed by atoms with van der Waals surface area (Å²) in [6, 6.07) is 37.9. The summed E-state index contributed by atoms with van der Waals surface area (Å²) in [6.45, 7) is 9.28. The van der Waals surface area contributed by atoms with Crippen LogP contribution in [-0.4, -0.2) is 17.1 Å². The van der Waals surface area contributed by atoms with Crippen LogP contribution in [0.4, 0.5) is 34.1 Å². The fourth-order valence-corrected chi connectivity index (χ4v) is 8.46. The van der Waals surface area contributed by atoms with Crippen molar-refractivity contribution < 1.29 is 4.74 Å². The molecule has 2 heterocycles. The van der Waals surface area contributed by atoms with E-state index in [1.165, 1.54) is 65.9 Å². The molecule has 2 aromatic heterocycles. The Balaban J connectivity index is 1.43. The molecule has 8 aromatic rings. The average Bonchev–Trinajstić information content (AvgIpc) is 3.18. The summed E-state index contributed by atoms with van der Waals surface area (Å²) in [4.78, 5) is 13.6. The summed E-state index contributed by atoms with van der Waals surface area (Å²) in [6.07, 6.45) is 10.6. The molecule has 0 aliphatic heterocycles. The summed E-state index contributed by atoms with van der Waals surface area (Å²) in [5.41, 5.74) is 12.2. The van der Waals surface area contributed by atoms with Gasteiger partial charge in [0.25, 0.3) is 0 Å². The predicted molar refractivity (Wildman–Crippen MR) is 217 cm³/mol. The Hall–Kier alpha value is -5.94. The lowest BCUT2D eigenvalue weighted by molar-refractivity contribution is 0.415. The lowest BCUT2D eigenvalue weighted by atomic mass is 9.70. The monoisotopic (exact) mass is 678 g/mol. The topological polar surface area (TPSA) is 41.5 Å². The minimum absolute atomic E-state index is 0.00806. The van der Waals surface area contributed by atoms with E-state index in [2.05, 4.69) is 138 Å². The van der Waals surface area contributed by atoms with E-state index in [4.69, 9.17) is 4.74 Å². The Bertz CT molecular complexity index is 2560. The smallest absolute Gasteiger partial charge is 0.119 e. The van der Waals surface area contributed by atoms with E-state index >= 15 is 0 Å². The van der Waals surface area contributed by atoms with Gasteiger partial charge in [0.2, 0.25) is 0 Å². The van der Waals surface area contributed by atoms with Crippen LogP contribution in [0.5, 0.6) is 5.75 Å². The number of nitrogens with zero attached hydrogens (tertiary/aromatic N) is 4. The Labute approximate surface area is 305 Å². The Kier molecular flexibility index (Phi) is 7.62. The van der Waals surface area contributed by atoms with Gasteiger partial charge in [-0.1, -0.05) is 50.6 Å². The van der Waals surface area contributed by atoms with Gasteiger partial charge in [-0.25, -0.2) is 0 Å². The number of benzene rings is 6. The molecule has 0 unspecified atom stereocenters. The van der Waals surface area contributed by atoms with Gasteiger partial charge in [-0.2, -0.15) is 0 Å². The number of hydrogen-bond acceptors (Lipinski definition) is 5. The van der Waals surface area contributed by atoms with Crippen LogP contribution in [-0.2, 0) is 18.3 Å². The lowest BCUT2D eigenvalue weighted by Crippen LogP contribution is -2.24. The molecule has 256 valence electrons. The molecule has 0 saturated carbocycles. The van der Waals surface area contributed by atoms with Gasteiger partial charge in [0, 0.05) is 63.7 Å². The molecule has 9 rings (SSSR count). The maximum absolute atomic E-state index is 5.57. The largest absolute Gasteiger partial charge is 0.497 e. The highest BCUT2D eigenvalue weighted by Gasteiger charge is 2.33. The van der Waals surface area contributed by atoms with Crippen molar-refractivity contribution in [3.63, 3.8) is 0 Å². The van der Waals surface area contributed by atoms with Crippen molar-refractivity contribution in [3.05, 3.63) is 150 Å². The highest BCUT2D eigenvalue weighted by atomic mass is 16.5. The van der Waals surface area contributed by atoms with Crippen molar-refractivity contribution >= 4 is 66.4 Å². The van der Waals surface area contributed by atoms with Crippen molar-refractivity contribution in [3.8, 4) is 5.75 Å². The maximum Gasteiger partial charge on any atom is 0.119 e. The molecule has 5 heteroatoms. The van der Waals surface area contributed by atoms with E-state index < -0.39 is 0 Å². The van der Waals surface area contributed by atoms with E-state index in [0.29, 0.717) is 0 Å². The third-order valence-electron chi connectivity index (χ3n) is 11.2. The molecule has 1 aliphatic rings. The second kappa shape index (κ2) is 12.4. The minimum atomic E-state index is 0.00806. The molecular weight excluding hydrogens is 637 g/mol. The van der Waals surface area contributed by atoms with Crippen molar-refractivity contribution in [2.75, 3.05) is 16.9 Å². The first-order chi connectivity index (χ1) is 25.4. The van der Waals surface area contributed by atoms with Crippen LogP contribution >= 0.6 is 0 Å². The van der Waals surface area contributed by atoms with Crippen molar-refractivity contribution in [1.82, 2.24) is 9.97 Å². The Morgan fingerprint density at radius 3 is 1.77 bits per heavy atom. The Morgan fingerprint density at radius 1 is 0.615 bits per heavy atom. The summed E-state index contributed by atoms with van der Waals surface area (Å²) in [5, 5.41) is 7.95. The van der Waals surface area contributed by atoms with Crippen molar-refractivity contribution in [2.45, 2.75) is 52.4 Å². The predicted octanol–water partition coefficient (Wildman–Crippen LogP) is 12.4.